The molecule has 0 unspecified atom stereocenters. The van der Waals surface area contributed by atoms with Crippen LogP contribution in [-0.4, -0.2) is 15.7 Å². The van der Waals surface area contributed by atoms with Gasteiger partial charge >= 0.3 is 0 Å². The normalized spacial score (nSPS) is 10.7. The van der Waals surface area contributed by atoms with Gasteiger partial charge in [0, 0.05) is 4.47 Å². The van der Waals surface area contributed by atoms with Gasteiger partial charge in [-0.1, -0.05) is 37.3 Å². The maximum absolute atomic E-state index is 13.2. The second kappa shape index (κ2) is 7.61. The molecule has 0 spiro atoms. The minimum Gasteiger partial charge on any atom is -0.321 e. The molecule has 3 aromatic rings. The molecule has 1 amide bonds. The third-order valence-corrected chi connectivity index (χ3v) is 4.54. The minimum atomic E-state index is -0.366. The van der Waals surface area contributed by atoms with Gasteiger partial charge in [0.2, 0.25) is 0 Å². The second-order valence-corrected chi connectivity index (χ2v) is 6.43. The highest BCUT2D eigenvalue weighted by molar-refractivity contribution is 9.10. The van der Waals surface area contributed by atoms with Crippen LogP contribution in [0.1, 0.15) is 28.5 Å². The first-order chi connectivity index (χ1) is 12.1. The fourth-order valence-electron chi connectivity index (χ4n) is 2.65. The van der Waals surface area contributed by atoms with Gasteiger partial charge in [-0.25, -0.2) is 4.39 Å². The van der Waals surface area contributed by atoms with E-state index < -0.39 is 0 Å². The highest BCUT2D eigenvalue weighted by Crippen LogP contribution is 2.24. The summed E-state index contributed by atoms with van der Waals surface area (Å²) >= 11 is 3.26. The Balaban J connectivity index is 1.83. The zero-order chi connectivity index (χ0) is 17.8. The summed E-state index contributed by atoms with van der Waals surface area (Å²) in [6.45, 7) is 2.60. The van der Waals surface area contributed by atoms with E-state index in [0.717, 1.165) is 11.3 Å². The van der Waals surface area contributed by atoms with Gasteiger partial charge in [-0.15, -0.1) is 0 Å². The number of hydrogen-bond acceptors (Lipinski definition) is 2. The molecule has 0 fully saturated rings. The van der Waals surface area contributed by atoms with Crippen LogP contribution in [-0.2, 0) is 13.0 Å². The van der Waals surface area contributed by atoms with E-state index in [4.69, 9.17) is 0 Å². The van der Waals surface area contributed by atoms with Gasteiger partial charge in [-0.3, -0.25) is 9.48 Å². The standard InChI is InChI=1S/C19H17BrFN3O/c1-2-18-15(11-22-24(18)12-13-6-4-3-5-7-13)19(25)23-17-9-8-14(21)10-16(17)20/h3-11H,2,12H2,1H3,(H,23,25). The molecule has 0 aliphatic carbocycles. The maximum atomic E-state index is 13.2. The molecular weight excluding hydrogens is 385 g/mol. The smallest absolute Gasteiger partial charge is 0.259 e. The Morgan fingerprint density at radius 2 is 2.00 bits per heavy atom. The number of halogens is 2. The quantitative estimate of drug-likeness (QED) is 0.676. The lowest BCUT2D eigenvalue weighted by Crippen LogP contribution is -2.15. The number of carbonyl (C=O) groups is 1. The van der Waals surface area contributed by atoms with Crippen molar-refractivity contribution >= 4 is 27.5 Å². The van der Waals surface area contributed by atoms with Crippen LogP contribution >= 0.6 is 15.9 Å². The van der Waals surface area contributed by atoms with Crippen LogP contribution in [0.15, 0.2) is 59.2 Å². The third-order valence-electron chi connectivity index (χ3n) is 3.88. The lowest BCUT2D eigenvalue weighted by atomic mass is 10.1. The van der Waals surface area contributed by atoms with Crippen LogP contribution in [0.4, 0.5) is 10.1 Å². The van der Waals surface area contributed by atoms with Crippen LogP contribution in [0.2, 0.25) is 0 Å². The van der Waals surface area contributed by atoms with Crippen LogP contribution in [0, 0.1) is 5.82 Å². The molecule has 1 N–H and O–H groups in total. The number of benzene rings is 2. The largest absolute Gasteiger partial charge is 0.321 e. The highest BCUT2D eigenvalue weighted by atomic mass is 79.9. The van der Waals surface area contributed by atoms with Gasteiger partial charge in [-0.2, -0.15) is 5.10 Å². The number of anilines is 1. The summed E-state index contributed by atoms with van der Waals surface area (Å²) in [6.07, 6.45) is 2.26. The average Bonchev–Trinajstić information content (AvgIpc) is 3.01. The average molecular weight is 402 g/mol. The van der Waals surface area contributed by atoms with E-state index in [1.165, 1.54) is 18.2 Å². The van der Waals surface area contributed by atoms with Crippen molar-refractivity contribution in [1.29, 1.82) is 0 Å². The molecule has 3 rings (SSSR count). The van der Waals surface area contributed by atoms with E-state index in [9.17, 15) is 9.18 Å². The molecule has 0 atom stereocenters. The number of nitrogens with one attached hydrogen (secondary N) is 1. The molecular formula is C19H17BrFN3O. The van der Waals surface area contributed by atoms with E-state index in [-0.39, 0.29) is 11.7 Å². The molecule has 1 heterocycles. The molecule has 0 saturated carbocycles. The highest BCUT2D eigenvalue weighted by Gasteiger charge is 2.17. The van der Waals surface area contributed by atoms with Gasteiger partial charge in [0.05, 0.1) is 29.7 Å². The van der Waals surface area contributed by atoms with Crippen molar-refractivity contribution in [1.82, 2.24) is 9.78 Å². The first kappa shape index (κ1) is 17.4. The van der Waals surface area contributed by atoms with Crippen molar-refractivity contribution in [3.8, 4) is 0 Å². The zero-order valence-corrected chi connectivity index (χ0v) is 15.3. The molecule has 0 aliphatic rings. The van der Waals surface area contributed by atoms with Gasteiger partial charge < -0.3 is 5.32 Å². The van der Waals surface area contributed by atoms with Gasteiger partial charge in [0.15, 0.2) is 0 Å². The van der Waals surface area contributed by atoms with Crippen LogP contribution in [0.3, 0.4) is 0 Å². The van der Waals surface area contributed by atoms with Crippen molar-refractivity contribution in [2.75, 3.05) is 5.32 Å². The maximum Gasteiger partial charge on any atom is 0.259 e. The first-order valence-electron chi connectivity index (χ1n) is 7.93. The molecule has 128 valence electrons. The monoisotopic (exact) mass is 401 g/mol. The minimum absolute atomic E-state index is 0.261. The second-order valence-electron chi connectivity index (χ2n) is 5.58. The Morgan fingerprint density at radius 1 is 1.24 bits per heavy atom. The van der Waals surface area contributed by atoms with Crippen molar-refractivity contribution in [3.05, 3.63) is 81.8 Å². The Morgan fingerprint density at radius 3 is 2.68 bits per heavy atom. The molecule has 0 radical (unpaired) electrons. The van der Waals surface area contributed by atoms with Crippen molar-refractivity contribution < 1.29 is 9.18 Å². The molecule has 0 aliphatic heterocycles. The van der Waals surface area contributed by atoms with Gasteiger partial charge in [0.1, 0.15) is 5.82 Å². The first-order valence-corrected chi connectivity index (χ1v) is 8.72. The van der Waals surface area contributed by atoms with E-state index >= 15 is 0 Å². The van der Waals surface area contributed by atoms with Gasteiger partial charge in [0.25, 0.3) is 5.91 Å². The Kier molecular flexibility index (Phi) is 5.28. The number of rotatable bonds is 5. The van der Waals surface area contributed by atoms with E-state index in [2.05, 4.69) is 26.3 Å². The molecule has 1 aromatic heterocycles. The van der Waals surface area contributed by atoms with Crippen molar-refractivity contribution in [3.63, 3.8) is 0 Å². The van der Waals surface area contributed by atoms with E-state index in [1.54, 1.807) is 6.20 Å². The summed E-state index contributed by atoms with van der Waals surface area (Å²) < 4.78 is 15.5. The molecule has 25 heavy (non-hydrogen) atoms. The predicted molar refractivity (Wildman–Crippen MR) is 99.2 cm³/mol. The summed E-state index contributed by atoms with van der Waals surface area (Å²) in [6, 6.07) is 14.1. The Bertz CT molecular complexity index is 893. The molecule has 0 bridgehead atoms. The number of carbonyl (C=O) groups excluding carboxylic acids is 1. The Hall–Kier alpha value is -2.47. The molecule has 4 nitrogen and oxygen atoms in total. The Labute approximate surface area is 153 Å². The van der Waals surface area contributed by atoms with Crippen LogP contribution in [0.5, 0.6) is 0 Å². The third kappa shape index (κ3) is 3.96. The summed E-state index contributed by atoms with van der Waals surface area (Å²) in [7, 11) is 0. The summed E-state index contributed by atoms with van der Waals surface area (Å²) in [4.78, 5) is 12.6. The van der Waals surface area contributed by atoms with Crippen LogP contribution < -0.4 is 5.32 Å². The lowest BCUT2D eigenvalue weighted by molar-refractivity contribution is 0.102. The van der Waals surface area contributed by atoms with Gasteiger partial charge in [-0.05, 0) is 46.1 Å². The number of aromatic nitrogens is 2. The zero-order valence-electron chi connectivity index (χ0n) is 13.7. The predicted octanol–water partition coefficient (Wildman–Crippen LogP) is 4.65. The van der Waals surface area contributed by atoms with E-state index in [1.807, 2.05) is 41.9 Å². The summed E-state index contributed by atoms with van der Waals surface area (Å²) in [5.74, 6) is -0.627. The SMILES string of the molecule is CCc1c(C(=O)Nc2ccc(F)cc2Br)cnn1Cc1ccccc1. The number of nitrogens with zero attached hydrogens (tertiary/aromatic N) is 2. The van der Waals surface area contributed by atoms with Crippen LogP contribution in [0.25, 0.3) is 0 Å². The summed E-state index contributed by atoms with van der Waals surface area (Å²) in [5, 5.41) is 7.17. The van der Waals surface area contributed by atoms with Crippen molar-refractivity contribution in [2.45, 2.75) is 19.9 Å². The molecule has 2 aromatic carbocycles. The molecule has 0 saturated heterocycles. The number of amides is 1. The van der Waals surface area contributed by atoms with E-state index in [0.29, 0.717) is 28.7 Å². The van der Waals surface area contributed by atoms with Crippen molar-refractivity contribution in [2.24, 2.45) is 0 Å². The summed E-state index contributed by atoms with van der Waals surface area (Å²) in [5.41, 5.74) is 3.02. The fraction of sp³-hybridized carbons (Fsp3) is 0.158. The number of hydrogen-bond donors (Lipinski definition) is 1. The topological polar surface area (TPSA) is 46.9 Å². The molecule has 6 heteroatoms. The fourth-order valence-corrected chi connectivity index (χ4v) is 3.10. The lowest BCUT2D eigenvalue weighted by Gasteiger charge is -2.10.